The molecule has 0 radical (unpaired) electrons. The molecule has 0 aromatic carbocycles. The highest BCUT2D eigenvalue weighted by Crippen LogP contribution is 2.04. The summed E-state index contributed by atoms with van der Waals surface area (Å²) in [6.45, 7) is 1.71. The Kier molecular flexibility index (Phi) is 10.3. The van der Waals surface area contributed by atoms with E-state index < -0.39 is 30.0 Å². The predicted molar refractivity (Wildman–Crippen MR) is 72.5 cm³/mol. The number of nitrogens with zero attached hydrogens (tertiary/aromatic N) is 1. The van der Waals surface area contributed by atoms with Gasteiger partial charge in [-0.1, -0.05) is 0 Å². The number of quaternary nitrogens is 1. The number of hydrogen-bond acceptors (Lipinski definition) is 6. The third-order valence-corrected chi connectivity index (χ3v) is 1.85. The molecule has 0 fully saturated rings. The number of carboxylic acids is 3. The van der Waals surface area contributed by atoms with E-state index in [2.05, 4.69) is 0 Å². The molecule has 0 saturated heterocycles. The summed E-state index contributed by atoms with van der Waals surface area (Å²) < 4.78 is 5.39. The van der Waals surface area contributed by atoms with E-state index in [-0.39, 0.29) is 6.42 Å². The van der Waals surface area contributed by atoms with Crippen molar-refractivity contribution in [2.45, 2.75) is 19.4 Å². The Hall–Kier alpha value is -2.42. The van der Waals surface area contributed by atoms with Gasteiger partial charge < -0.3 is 29.3 Å². The predicted octanol–water partition coefficient (Wildman–Crippen LogP) is -1.52. The standard InChI is InChI=1S/C9H17NO4.C4H4O4/c1-7(11)14-8(5-9(12)13)6-10(2,3)4;5-3(6)1-2-4(7)8/h8H,5-6H2,1-4H3;1-2H,(H,5,6)(H,7,8)/b;2-1+. The van der Waals surface area contributed by atoms with Crippen LogP contribution in [0.15, 0.2) is 12.2 Å². The zero-order valence-corrected chi connectivity index (χ0v) is 12.9. The minimum Gasteiger partial charge on any atom is -0.550 e. The van der Waals surface area contributed by atoms with E-state index in [0.717, 1.165) is 0 Å². The molecule has 0 saturated carbocycles. The smallest absolute Gasteiger partial charge is 0.328 e. The average molecular weight is 319 g/mol. The van der Waals surface area contributed by atoms with E-state index in [0.29, 0.717) is 23.2 Å². The molecular weight excluding hydrogens is 298 g/mol. The van der Waals surface area contributed by atoms with E-state index in [1.807, 2.05) is 21.1 Å². The van der Waals surface area contributed by atoms with Crippen LogP contribution < -0.4 is 5.11 Å². The van der Waals surface area contributed by atoms with Gasteiger partial charge in [0.05, 0.1) is 21.1 Å². The third kappa shape index (κ3) is 19.9. The molecule has 9 nitrogen and oxygen atoms in total. The molecule has 0 aliphatic carbocycles. The molecule has 9 heteroatoms. The molecule has 0 amide bonds. The van der Waals surface area contributed by atoms with Crippen molar-refractivity contribution in [2.24, 2.45) is 0 Å². The van der Waals surface area contributed by atoms with Gasteiger partial charge in [0.2, 0.25) is 0 Å². The zero-order chi connectivity index (χ0) is 17.9. The Balaban J connectivity index is 0. The van der Waals surface area contributed by atoms with Gasteiger partial charge >= 0.3 is 17.9 Å². The van der Waals surface area contributed by atoms with Crippen LogP contribution in [0.4, 0.5) is 0 Å². The van der Waals surface area contributed by atoms with Gasteiger partial charge in [-0.05, 0) is 0 Å². The maximum absolute atomic E-state index is 10.7. The summed E-state index contributed by atoms with van der Waals surface area (Å²) in [5, 5.41) is 26.0. The van der Waals surface area contributed by atoms with Crippen LogP contribution in [0.1, 0.15) is 13.3 Å². The minimum atomic E-state index is -1.26. The van der Waals surface area contributed by atoms with Gasteiger partial charge in [-0.25, -0.2) is 9.59 Å². The molecule has 0 heterocycles. The van der Waals surface area contributed by atoms with Crippen LogP contribution in [-0.4, -0.2) is 72.4 Å². The molecule has 0 bridgehead atoms. The van der Waals surface area contributed by atoms with Gasteiger partial charge in [0.1, 0.15) is 6.54 Å². The monoisotopic (exact) mass is 319 g/mol. The lowest BCUT2D eigenvalue weighted by molar-refractivity contribution is -0.873. The largest absolute Gasteiger partial charge is 0.550 e. The Morgan fingerprint density at radius 3 is 1.73 bits per heavy atom. The van der Waals surface area contributed by atoms with Gasteiger partial charge in [-0.3, -0.25) is 4.79 Å². The second kappa shape index (κ2) is 10.3. The molecule has 0 aliphatic rings. The van der Waals surface area contributed by atoms with E-state index in [1.54, 1.807) is 0 Å². The maximum Gasteiger partial charge on any atom is 0.328 e. The van der Waals surface area contributed by atoms with Gasteiger partial charge in [0.15, 0.2) is 6.10 Å². The first-order chi connectivity index (χ1) is 9.83. The molecule has 0 spiro atoms. The average Bonchev–Trinajstić information content (AvgIpc) is 2.22. The van der Waals surface area contributed by atoms with E-state index in [4.69, 9.17) is 14.9 Å². The lowest BCUT2D eigenvalue weighted by atomic mass is 10.2. The van der Waals surface area contributed by atoms with Crippen molar-refractivity contribution in [3.63, 3.8) is 0 Å². The number of rotatable bonds is 7. The second-order valence-electron chi connectivity index (χ2n) is 5.29. The summed E-state index contributed by atoms with van der Waals surface area (Å²) in [5.74, 6) is -4.19. The Morgan fingerprint density at radius 1 is 1.09 bits per heavy atom. The molecule has 0 rings (SSSR count). The summed E-state index contributed by atoms with van der Waals surface area (Å²) >= 11 is 0. The van der Waals surface area contributed by atoms with Crippen LogP contribution in [0.25, 0.3) is 0 Å². The summed E-state index contributed by atoms with van der Waals surface area (Å²) in [6.07, 6.45) is 0.247. The van der Waals surface area contributed by atoms with Crippen LogP contribution in [0.3, 0.4) is 0 Å². The van der Waals surface area contributed by atoms with Crippen molar-refractivity contribution in [1.82, 2.24) is 0 Å². The fraction of sp³-hybridized carbons (Fsp3) is 0.538. The first kappa shape index (κ1) is 21.9. The second-order valence-corrected chi connectivity index (χ2v) is 5.29. The fourth-order valence-electron chi connectivity index (χ4n) is 1.32. The molecule has 1 unspecified atom stereocenters. The molecule has 0 aromatic heterocycles. The number of carbonyl (C=O) groups is 4. The van der Waals surface area contributed by atoms with E-state index >= 15 is 0 Å². The topological polar surface area (TPSA) is 141 Å². The van der Waals surface area contributed by atoms with Crippen molar-refractivity contribution >= 4 is 23.9 Å². The van der Waals surface area contributed by atoms with Crippen LogP contribution in [0.5, 0.6) is 0 Å². The highest BCUT2D eigenvalue weighted by Gasteiger charge is 2.20. The lowest BCUT2D eigenvalue weighted by Crippen LogP contribution is -2.45. The SMILES string of the molecule is CC(=O)OC(CC(=O)[O-])C[N+](C)(C)C.O=C(O)/C=C/C(=O)O. The third-order valence-electron chi connectivity index (χ3n) is 1.85. The summed E-state index contributed by atoms with van der Waals surface area (Å²) in [7, 11) is 5.68. The normalized spacial score (nSPS) is 12.0. The number of likely N-dealkylation sites (N-methyl/N-ethyl adjacent to an activating group) is 1. The summed E-state index contributed by atoms with van der Waals surface area (Å²) in [5.41, 5.74) is 0. The highest BCUT2D eigenvalue weighted by molar-refractivity contribution is 5.89. The van der Waals surface area contributed by atoms with Crippen LogP contribution in [0.2, 0.25) is 0 Å². The number of hydrogen-bond donors (Lipinski definition) is 2. The van der Waals surface area contributed by atoms with Crippen molar-refractivity contribution in [3.05, 3.63) is 12.2 Å². The molecular formula is C13H21NO8. The first-order valence-corrected chi connectivity index (χ1v) is 6.15. The van der Waals surface area contributed by atoms with Gasteiger partial charge in [-0.2, -0.15) is 0 Å². The van der Waals surface area contributed by atoms with E-state index in [9.17, 15) is 24.3 Å². The van der Waals surface area contributed by atoms with Crippen LogP contribution >= 0.6 is 0 Å². The van der Waals surface area contributed by atoms with Crippen molar-refractivity contribution in [2.75, 3.05) is 27.7 Å². The highest BCUT2D eigenvalue weighted by atomic mass is 16.5. The summed E-state index contributed by atoms with van der Waals surface area (Å²) in [6, 6.07) is 0. The molecule has 2 N–H and O–H groups in total. The van der Waals surface area contributed by atoms with Crippen molar-refractivity contribution < 1.29 is 43.7 Å². The van der Waals surface area contributed by atoms with Gasteiger partial charge in [0, 0.05) is 31.5 Å². The van der Waals surface area contributed by atoms with E-state index in [1.165, 1.54) is 6.92 Å². The van der Waals surface area contributed by atoms with Crippen molar-refractivity contribution in [1.29, 1.82) is 0 Å². The van der Waals surface area contributed by atoms with Gasteiger partial charge in [-0.15, -0.1) is 0 Å². The number of carboxylic acid groups (broad SMARTS) is 3. The summed E-state index contributed by atoms with van der Waals surface area (Å²) in [4.78, 5) is 40.2. The van der Waals surface area contributed by atoms with Crippen molar-refractivity contribution in [3.8, 4) is 0 Å². The quantitative estimate of drug-likeness (QED) is 0.327. The number of carbonyl (C=O) groups excluding carboxylic acids is 2. The number of ether oxygens (including phenoxy) is 1. The van der Waals surface area contributed by atoms with Crippen LogP contribution in [-0.2, 0) is 23.9 Å². The minimum absolute atomic E-state index is 0.255. The number of aliphatic carboxylic acids is 3. The molecule has 126 valence electrons. The molecule has 0 aromatic rings. The Labute approximate surface area is 128 Å². The Morgan fingerprint density at radius 2 is 1.50 bits per heavy atom. The first-order valence-electron chi connectivity index (χ1n) is 6.15. The fourth-order valence-corrected chi connectivity index (χ4v) is 1.32. The Bertz CT molecular complexity index is 404. The zero-order valence-electron chi connectivity index (χ0n) is 12.9. The number of esters is 1. The maximum atomic E-state index is 10.7. The molecule has 22 heavy (non-hydrogen) atoms. The lowest BCUT2D eigenvalue weighted by Gasteiger charge is -2.28. The molecule has 1 atom stereocenters. The molecule has 0 aliphatic heterocycles. The van der Waals surface area contributed by atoms with Gasteiger partial charge in [0.25, 0.3) is 0 Å². The van der Waals surface area contributed by atoms with Crippen LogP contribution in [0, 0.1) is 0 Å².